The number of fused-ring (bicyclic) bond motifs is 3. The fourth-order valence-electron chi connectivity index (χ4n) is 5.07. The van der Waals surface area contributed by atoms with Crippen LogP contribution in [-0.2, 0) is 0 Å². The summed E-state index contributed by atoms with van der Waals surface area (Å²) in [6.07, 6.45) is 6.13. The molecule has 1 atom stereocenters. The number of methoxy groups -OCH3 is 4. The smallest absolute Gasteiger partial charge is 0.161 e. The lowest BCUT2D eigenvalue weighted by Crippen LogP contribution is -2.34. The van der Waals surface area contributed by atoms with Gasteiger partial charge in [-0.3, -0.25) is 0 Å². The van der Waals surface area contributed by atoms with Crippen molar-refractivity contribution < 1.29 is 18.9 Å². The molecule has 1 aliphatic carbocycles. The van der Waals surface area contributed by atoms with Crippen LogP contribution in [0.15, 0.2) is 30.3 Å². The molecule has 0 unspecified atom stereocenters. The summed E-state index contributed by atoms with van der Waals surface area (Å²) >= 11 is 0. The van der Waals surface area contributed by atoms with E-state index in [1.54, 1.807) is 28.4 Å². The van der Waals surface area contributed by atoms with E-state index >= 15 is 0 Å². The number of piperidine rings is 1. The van der Waals surface area contributed by atoms with E-state index in [0.29, 0.717) is 0 Å². The average Bonchev–Trinajstić information content (AvgIpc) is 2.83. The molecule has 0 N–H and O–H groups in total. The molecule has 0 saturated carbocycles. The van der Waals surface area contributed by atoms with Gasteiger partial charge in [-0.25, -0.2) is 0 Å². The summed E-state index contributed by atoms with van der Waals surface area (Å²) in [6, 6.07) is 8.46. The van der Waals surface area contributed by atoms with Gasteiger partial charge < -0.3 is 23.8 Å². The maximum atomic E-state index is 5.68. The van der Waals surface area contributed by atoms with Crippen molar-refractivity contribution in [3.8, 4) is 34.1 Å². The first-order valence-corrected chi connectivity index (χ1v) is 11.1. The second-order valence-corrected chi connectivity index (χ2v) is 8.21. The van der Waals surface area contributed by atoms with Gasteiger partial charge in [0.1, 0.15) is 0 Å². The first-order chi connectivity index (χ1) is 15.1. The minimum atomic E-state index is 0.253. The maximum Gasteiger partial charge on any atom is 0.161 e. The molecule has 2 aromatic carbocycles. The highest BCUT2D eigenvalue weighted by atomic mass is 16.5. The Bertz CT molecular complexity index is 976. The van der Waals surface area contributed by atoms with Gasteiger partial charge in [-0.15, -0.1) is 0 Å². The summed E-state index contributed by atoms with van der Waals surface area (Å²) in [5, 5.41) is 0. The molecule has 0 radical (unpaired) electrons. The molecule has 1 saturated heterocycles. The molecule has 166 valence electrons. The van der Waals surface area contributed by atoms with Crippen molar-refractivity contribution in [3.63, 3.8) is 0 Å². The van der Waals surface area contributed by atoms with Crippen LogP contribution >= 0.6 is 0 Å². The van der Waals surface area contributed by atoms with E-state index in [-0.39, 0.29) is 5.92 Å². The zero-order valence-electron chi connectivity index (χ0n) is 19.3. The third-order valence-electron chi connectivity index (χ3n) is 6.63. The van der Waals surface area contributed by atoms with E-state index < -0.39 is 0 Å². The molecule has 5 heteroatoms. The van der Waals surface area contributed by atoms with E-state index in [1.165, 1.54) is 41.5 Å². The van der Waals surface area contributed by atoms with Gasteiger partial charge in [0.05, 0.1) is 28.4 Å². The molecular formula is C26H33NO4. The van der Waals surface area contributed by atoms with Crippen molar-refractivity contribution >= 4 is 5.57 Å². The predicted molar refractivity (Wildman–Crippen MR) is 125 cm³/mol. The summed E-state index contributed by atoms with van der Waals surface area (Å²) in [6.45, 7) is 5.45. The van der Waals surface area contributed by atoms with Gasteiger partial charge in [-0.2, -0.15) is 0 Å². The third kappa shape index (κ3) is 3.87. The Labute approximate surface area is 185 Å². The molecule has 5 nitrogen and oxygen atoms in total. The molecule has 4 rings (SSSR count). The minimum Gasteiger partial charge on any atom is -0.493 e. The zero-order valence-corrected chi connectivity index (χ0v) is 19.3. The molecule has 2 aromatic rings. The van der Waals surface area contributed by atoms with Gasteiger partial charge in [0.25, 0.3) is 0 Å². The van der Waals surface area contributed by atoms with Gasteiger partial charge in [0, 0.05) is 12.5 Å². The minimum absolute atomic E-state index is 0.253. The van der Waals surface area contributed by atoms with Crippen LogP contribution in [0.4, 0.5) is 0 Å². The van der Waals surface area contributed by atoms with Crippen LogP contribution in [-0.4, -0.2) is 53.0 Å². The van der Waals surface area contributed by atoms with Crippen LogP contribution in [0.2, 0.25) is 0 Å². The maximum absolute atomic E-state index is 5.68. The SMILES string of the molecule is C/C=C1/c2cc(OC)c(OC)cc2-c2cc(OC)c(OC)cc2[C@H]1CN1CCCCC1. The fraction of sp³-hybridized carbons (Fsp3) is 0.462. The lowest BCUT2D eigenvalue weighted by molar-refractivity contribution is 0.225. The molecule has 2 aliphatic rings. The topological polar surface area (TPSA) is 40.2 Å². The zero-order chi connectivity index (χ0) is 22.0. The second kappa shape index (κ2) is 9.23. The van der Waals surface area contributed by atoms with E-state index in [9.17, 15) is 0 Å². The number of hydrogen-bond acceptors (Lipinski definition) is 5. The molecule has 0 spiro atoms. The van der Waals surface area contributed by atoms with E-state index in [4.69, 9.17) is 18.9 Å². The molecular weight excluding hydrogens is 390 g/mol. The molecule has 0 aromatic heterocycles. The van der Waals surface area contributed by atoms with Crippen LogP contribution in [0.25, 0.3) is 16.7 Å². The highest BCUT2D eigenvalue weighted by molar-refractivity contribution is 5.93. The van der Waals surface area contributed by atoms with Gasteiger partial charge in [-0.1, -0.05) is 12.5 Å². The monoisotopic (exact) mass is 423 g/mol. The summed E-state index contributed by atoms with van der Waals surface area (Å²) in [5.41, 5.74) is 6.09. The number of likely N-dealkylation sites (tertiary alicyclic amines) is 1. The van der Waals surface area contributed by atoms with Gasteiger partial charge in [0.2, 0.25) is 0 Å². The largest absolute Gasteiger partial charge is 0.493 e. The fourth-order valence-corrected chi connectivity index (χ4v) is 5.07. The van der Waals surface area contributed by atoms with E-state index in [2.05, 4.69) is 42.2 Å². The van der Waals surface area contributed by atoms with Gasteiger partial charge >= 0.3 is 0 Å². The van der Waals surface area contributed by atoms with Crippen molar-refractivity contribution in [1.29, 1.82) is 0 Å². The van der Waals surface area contributed by atoms with Crippen LogP contribution in [0.1, 0.15) is 43.2 Å². The first kappa shape index (κ1) is 21.6. The molecule has 1 aliphatic heterocycles. The Morgan fingerprint density at radius 1 is 0.742 bits per heavy atom. The van der Waals surface area contributed by atoms with Crippen molar-refractivity contribution in [2.24, 2.45) is 0 Å². The van der Waals surface area contributed by atoms with Gasteiger partial charge in [-0.05, 0) is 84.9 Å². The predicted octanol–water partition coefficient (Wildman–Crippen LogP) is 5.37. The Morgan fingerprint density at radius 2 is 1.26 bits per heavy atom. The summed E-state index contributed by atoms with van der Waals surface area (Å²) < 4.78 is 22.6. The highest BCUT2D eigenvalue weighted by Crippen LogP contribution is 2.52. The summed E-state index contributed by atoms with van der Waals surface area (Å²) in [5.74, 6) is 3.24. The Kier molecular flexibility index (Phi) is 6.42. The molecule has 0 amide bonds. The highest BCUT2D eigenvalue weighted by Gasteiger charge is 2.33. The molecule has 0 bridgehead atoms. The van der Waals surface area contributed by atoms with Crippen LogP contribution < -0.4 is 18.9 Å². The number of nitrogens with zero attached hydrogens (tertiary/aromatic N) is 1. The number of benzene rings is 2. The van der Waals surface area contributed by atoms with Crippen molar-refractivity contribution in [1.82, 2.24) is 4.90 Å². The number of rotatable bonds is 6. The molecule has 31 heavy (non-hydrogen) atoms. The number of hydrogen-bond donors (Lipinski definition) is 0. The van der Waals surface area contributed by atoms with Crippen LogP contribution in [0.5, 0.6) is 23.0 Å². The summed E-state index contributed by atoms with van der Waals surface area (Å²) in [4.78, 5) is 2.60. The van der Waals surface area contributed by atoms with Gasteiger partial charge in [0.15, 0.2) is 23.0 Å². The molecule has 1 fully saturated rings. The lowest BCUT2D eigenvalue weighted by atomic mass is 9.74. The Morgan fingerprint density at radius 3 is 1.81 bits per heavy atom. The third-order valence-corrected chi connectivity index (χ3v) is 6.63. The van der Waals surface area contributed by atoms with E-state index in [1.807, 2.05) is 0 Å². The normalized spacial score (nSPS) is 19.5. The molecule has 1 heterocycles. The van der Waals surface area contributed by atoms with Crippen LogP contribution in [0, 0.1) is 0 Å². The number of allylic oxidation sites excluding steroid dienone is 1. The second-order valence-electron chi connectivity index (χ2n) is 8.21. The Hall–Kier alpha value is -2.66. The van der Waals surface area contributed by atoms with E-state index in [0.717, 1.165) is 48.2 Å². The first-order valence-electron chi connectivity index (χ1n) is 11.1. The average molecular weight is 424 g/mol. The lowest BCUT2D eigenvalue weighted by Gasteiger charge is -2.36. The Balaban J connectivity index is 1.93. The van der Waals surface area contributed by atoms with Crippen molar-refractivity contribution in [2.75, 3.05) is 48.1 Å². The summed E-state index contributed by atoms with van der Waals surface area (Å²) in [7, 11) is 6.75. The standard InChI is InChI=1S/C26H33NO4/c1-6-17-18-12-23(28-2)24(29-3)13-19(18)20-14-25(30-4)26(31-5)15-21(20)22(17)16-27-10-8-7-9-11-27/h6,12-15,22H,7-11,16H2,1-5H3/b17-6-/t22-/m0/s1. The number of ether oxygens (including phenoxy) is 4. The van der Waals surface area contributed by atoms with Crippen LogP contribution in [0.3, 0.4) is 0 Å². The van der Waals surface area contributed by atoms with Crippen molar-refractivity contribution in [3.05, 3.63) is 41.5 Å². The quantitative estimate of drug-likeness (QED) is 0.624. The van der Waals surface area contributed by atoms with Crippen molar-refractivity contribution in [2.45, 2.75) is 32.1 Å².